The Morgan fingerprint density at radius 2 is 1.61 bits per heavy atom. The zero-order valence-electron chi connectivity index (χ0n) is 10.3. The van der Waals surface area contributed by atoms with Crippen molar-refractivity contribution >= 4 is 12.2 Å². The molecule has 2 N–H and O–H groups in total. The van der Waals surface area contributed by atoms with Crippen LogP contribution in [0.1, 0.15) is 49.8 Å². The highest BCUT2D eigenvalue weighted by Gasteiger charge is 2.53. The number of rotatable bonds is 1. The first-order valence-electron chi connectivity index (χ1n) is 6.91. The molecule has 1 heterocycles. The highest BCUT2D eigenvalue weighted by molar-refractivity contribution is 7.71. The van der Waals surface area contributed by atoms with Crippen LogP contribution in [0, 0.1) is 33.7 Å². The van der Waals surface area contributed by atoms with Crippen molar-refractivity contribution in [2.24, 2.45) is 17.8 Å². The van der Waals surface area contributed by atoms with Gasteiger partial charge in [-0.2, -0.15) is 5.26 Å². The normalized spacial score (nSPS) is 40.9. The van der Waals surface area contributed by atoms with Crippen molar-refractivity contribution in [1.29, 1.82) is 5.26 Å². The second-order valence-electron chi connectivity index (χ2n) is 6.64. The molecule has 0 saturated heterocycles. The highest BCUT2D eigenvalue weighted by Crippen LogP contribution is 2.60. The number of aromatic nitrogens is 2. The summed E-state index contributed by atoms with van der Waals surface area (Å²) in [5.41, 5.74) is 2.05. The third-order valence-corrected chi connectivity index (χ3v) is 5.76. The lowest BCUT2D eigenvalue weighted by Gasteiger charge is -2.56. The molecule has 4 heteroatoms. The Morgan fingerprint density at radius 3 is 2.11 bits per heavy atom. The summed E-state index contributed by atoms with van der Waals surface area (Å²) in [6.45, 7) is 0. The lowest BCUT2D eigenvalue weighted by Crippen LogP contribution is -2.49. The Bertz CT molecular complexity index is 554. The molecule has 4 saturated carbocycles. The molecule has 4 aliphatic carbocycles. The van der Waals surface area contributed by atoms with Crippen LogP contribution in [-0.2, 0) is 5.41 Å². The molecule has 4 aliphatic rings. The zero-order chi connectivity index (χ0) is 12.3. The molecule has 18 heavy (non-hydrogen) atoms. The molecule has 1 aromatic heterocycles. The third kappa shape index (κ3) is 1.31. The molecule has 0 spiro atoms. The van der Waals surface area contributed by atoms with Crippen LogP contribution in [0.15, 0.2) is 0 Å². The largest absolute Gasteiger partial charge is 0.302 e. The van der Waals surface area contributed by atoms with Gasteiger partial charge < -0.3 is 5.10 Å². The van der Waals surface area contributed by atoms with Crippen LogP contribution in [0.5, 0.6) is 0 Å². The molecule has 5 rings (SSSR count). The molecule has 94 valence electrons. The maximum Gasteiger partial charge on any atom is 0.137 e. The van der Waals surface area contributed by atoms with E-state index in [2.05, 4.69) is 16.3 Å². The van der Waals surface area contributed by atoms with E-state index in [4.69, 9.17) is 12.2 Å². The van der Waals surface area contributed by atoms with Crippen molar-refractivity contribution in [1.82, 2.24) is 10.2 Å². The molecule has 4 fully saturated rings. The second-order valence-corrected chi connectivity index (χ2v) is 7.05. The van der Waals surface area contributed by atoms with Crippen molar-refractivity contribution in [3.05, 3.63) is 15.9 Å². The highest BCUT2D eigenvalue weighted by atomic mass is 32.1. The zero-order valence-corrected chi connectivity index (χ0v) is 11.1. The van der Waals surface area contributed by atoms with Crippen LogP contribution in [-0.4, -0.2) is 10.2 Å². The van der Waals surface area contributed by atoms with E-state index in [9.17, 15) is 5.26 Å². The Kier molecular flexibility index (Phi) is 2.09. The molecule has 0 aromatic carbocycles. The summed E-state index contributed by atoms with van der Waals surface area (Å²) in [6.07, 6.45) is 8.05. The van der Waals surface area contributed by atoms with E-state index in [1.807, 2.05) is 0 Å². The average Bonchev–Trinajstić information content (AvgIpc) is 2.69. The van der Waals surface area contributed by atoms with Crippen LogP contribution in [0.4, 0.5) is 0 Å². The van der Waals surface area contributed by atoms with Gasteiger partial charge in [-0.25, -0.2) is 0 Å². The first kappa shape index (κ1) is 10.8. The summed E-state index contributed by atoms with van der Waals surface area (Å²) in [4.78, 5) is 0. The first-order chi connectivity index (χ1) is 8.70. The Morgan fingerprint density at radius 1 is 1.06 bits per heavy atom. The molecule has 0 atom stereocenters. The quantitative estimate of drug-likeness (QED) is 0.759. The van der Waals surface area contributed by atoms with Crippen LogP contribution in [0.3, 0.4) is 0 Å². The minimum Gasteiger partial charge on any atom is -0.302 e. The van der Waals surface area contributed by atoms with Gasteiger partial charge in [0.1, 0.15) is 16.3 Å². The van der Waals surface area contributed by atoms with Crippen LogP contribution in [0.2, 0.25) is 0 Å². The average molecular weight is 259 g/mol. The van der Waals surface area contributed by atoms with Crippen LogP contribution in [0.25, 0.3) is 0 Å². The number of aromatic amines is 2. The van der Waals surface area contributed by atoms with E-state index >= 15 is 0 Å². The monoisotopic (exact) mass is 259 g/mol. The van der Waals surface area contributed by atoms with Gasteiger partial charge >= 0.3 is 0 Å². The van der Waals surface area contributed by atoms with Gasteiger partial charge in [0.2, 0.25) is 0 Å². The topological polar surface area (TPSA) is 55.4 Å². The van der Waals surface area contributed by atoms with E-state index in [0.29, 0.717) is 10.2 Å². The molecule has 0 aliphatic heterocycles. The first-order valence-corrected chi connectivity index (χ1v) is 7.32. The van der Waals surface area contributed by atoms with Crippen LogP contribution < -0.4 is 0 Å². The summed E-state index contributed by atoms with van der Waals surface area (Å²) >= 11 is 5.22. The van der Waals surface area contributed by atoms with Gasteiger partial charge in [0.05, 0.1) is 5.69 Å². The van der Waals surface area contributed by atoms with Gasteiger partial charge in [-0.15, -0.1) is 0 Å². The molecule has 3 nitrogen and oxygen atoms in total. The molecule has 1 aromatic rings. The number of hydrogen-bond acceptors (Lipinski definition) is 2. The SMILES string of the molecule is N#Cc1c(C23CC4CC(CC(C4)C2)C3)[nH][nH]c1=S. The molecule has 4 bridgehead atoms. The fraction of sp³-hybridized carbons (Fsp3) is 0.714. The Labute approximate surface area is 112 Å². The summed E-state index contributed by atoms with van der Waals surface area (Å²) in [7, 11) is 0. The molecule has 0 radical (unpaired) electrons. The molecular formula is C14H17N3S. The van der Waals surface area contributed by atoms with E-state index in [-0.39, 0.29) is 5.41 Å². The Hall–Kier alpha value is -1.08. The van der Waals surface area contributed by atoms with Gasteiger partial charge in [-0.05, 0) is 56.3 Å². The number of nitriles is 1. The fourth-order valence-corrected chi connectivity index (χ4v) is 5.48. The standard InChI is InChI=1S/C14H17N3S/c15-7-11-12(16-17-13(11)18)14-4-8-1-9(5-14)3-10(2-8)6-14/h8-10H,1-6H2,(H2,16,17,18). The lowest BCUT2D eigenvalue weighted by atomic mass is 9.48. The number of nitrogens with zero attached hydrogens (tertiary/aromatic N) is 1. The number of nitrogens with one attached hydrogen (secondary N) is 2. The van der Waals surface area contributed by atoms with E-state index < -0.39 is 0 Å². The van der Waals surface area contributed by atoms with E-state index in [1.165, 1.54) is 38.5 Å². The molecule has 0 unspecified atom stereocenters. The number of H-pyrrole nitrogens is 2. The van der Waals surface area contributed by atoms with Crippen molar-refractivity contribution in [2.45, 2.75) is 43.9 Å². The smallest absolute Gasteiger partial charge is 0.137 e. The lowest BCUT2D eigenvalue weighted by molar-refractivity contribution is -0.00733. The molecule has 0 amide bonds. The summed E-state index contributed by atoms with van der Waals surface area (Å²) < 4.78 is 0.586. The predicted octanol–water partition coefficient (Wildman–Crippen LogP) is 3.41. The van der Waals surface area contributed by atoms with Gasteiger partial charge in [-0.1, -0.05) is 12.2 Å². The molecular weight excluding hydrogens is 242 g/mol. The summed E-state index contributed by atoms with van der Waals surface area (Å²) in [5.74, 6) is 2.67. The van der Waals surface area contributed by atoms with Crippen molar-refractivity contribution in [2.75, 3.05) is 0 Å². The van der Waals surface area contributed by atoms with Gasteiger partial charge in [-0.3, -0.25) is 5.10 Å². The Balaban J connectivity index is 1.84. The minimum atomic E-state index is 0.230. The third-order valence-electron chi connectivity index (χ3n) is 5.46. The van der Waals surface area contributed by atoms with Crippen molar-refractivity contribution in [3.63, 3.8) is 0 Å². The maximum absolute atomic E-state index is 9.33. The van der Waals surface area contributed by atoms with Gasteiger partial charge in [0.15, 0.2) is 0 Å². The fourth-order valence-electron chi connectivity index (χ4n) is 5.28. The summed E-state index contributed by atoms with van der Waals surface area (Å²) in [6, 6.07) is 2.30. The van der Waals surface area contributed by atoms with Crippen LogP contribution >= 0.6 is 12.2 Å². The summed E-state index contributed by atoms with van der Waals surface area (Å²) in [5, 5.41) is 15.5. The number of hydrogen-bond donors (Lipinski definition) is 2. The van der Waals surface area contributed by atoms with Crippen molar-refractivity contribution < 1.29 is 0 Å². The van der Waals surface area contributed by atoms with E-state index in [0.717, 1.165) is 23.4 Å². The van der Waals surface area contributed by atoms with Gasteiger partial charge in [0.25, 0.3) is 0 Å². The second kappa shape index (κ2) is 3.48. The van der Waals surface area contributed by atoms with E-state index in [1.54, 1.807) is 0 Å². The minimum absolute atomic E-state index is 0.230. The van der Waals surface area contributed by atoms with Gasteiger partial charge in [0, 0.05) is 5.41 Å². The maximum atomic E-state index is 9.33. The predicted molar refractivity (Wildman–Crippen MR) is 70.5 cm³/mol. The van der Waals surface area contributed by atoms with Crippen molar-refractivity contribution in [3.8, 4) is 6.07 Å².